The molecule has 0 radical (unpaired) electrons. The van der Waals surface area contributed by atoms with Crippen LogP contribution in [-0.2, 0) is 0 Å². The average molecular weight is 340 g/mol. The summed E-state index contributed by atoms with van der Waals surface area (Å²) < 4.78 is 1.21. The Hall–Kier alpha value is -1.37. The molecule has 0 aliphatic carbocycles. The maximum Gasteiger partial charge on any atom is 0.138 e. The zero-order valence-corrected chi connectivity index (χ0v) is 11.8. The normalized spacial score (nSPS) is 10.1. The lowest BCUT2D eigenvalue weighted by molar-refractivity contribution is 1.12. The Labute approximate surface area is 114 Å². The van der Waals surface area contributed by atoms with E-state index in [1.807, 2.05) is 26.1 Å². The van der Waals surface area contributed by atoms with Crippen molar-refractivity contribution in [3.05, 3.63) is 39.7 Å². The van der Waals surface area contributed by atoms with Crippen LogP contribution in [0.5, 0.6) is 0 Å². The van der Waals surface area contributed by atoms with Crippen LogP contribution in [0.3, 0.4) is 0 Å². The minimum absolute atomic E-state index is 0.825. The largest absolute Gasteiger partial charge is 0.373 e. The molecule has 0 saturated carbocycles. The van der Waals surface area contributed by atoms with Gasteiger partial charge in [-0.25, -0.2) is 9.97 Å². The fourth-order valence-corrected chi connectivity index (χ4v) is 1.86. The minimum atomic E-state index is 0.825. The van der Waals surface area contributed by atoms with Gasteiger partial charge in [0.2, 0.25) is 0 Å². The van der Waals surface area contributed by atoms with E-state index in [9.17, 15) is 0 Å². The number of nitrogens with zero attached hydrogens (tertiary/aromatic N) is 2. The number of hydrogen-bond acceptors (Lipinski definition) is 4. The maximum atomic E-state index is 4.24. The van der Waals surface area contributed by atoms with Gasteiger partial charge in [-0.05, 0) is 53.8 Å². The lowest BCUT2D eigenvalue weighted by atomic mass is 10.2. The Morgan fingerprint density at radius 1 is 1.06 bits per heavy atom. The summed E-state index contributed by atoms with van der Waals surface area (Å²) in [7, 11) is 1.85. The van der Waals surface area contributed by atoms with Crippen molar-refractivity contribution in [2.75, 3.05) is 17.7 Å². The molecule has 5 heteroatoms. The molecule has 0 spiro atoms. The summed E-state index contributed by atoms with van der Waals surface area (Å²) in [5.74, 6) is 1.67. The third-order valence-electron chi connectivity index (χ3n) is 2.43. The molecule has 0 aliphatic rings. The first-order valence-electron chi connectivity index (χ1n) is 5.22. The molecule has 2 rings (SSSR count). The molecular formula is C12H13IN4. The van der Waals surface area contributed by atoms with Gasteiger partial charge in [-0.3, -0.25) is 0 Å². The molecule has 0 amide bonds. The van der Waals surface area contributed by atoms with Gasteiger partial charge in [-0.1, -0.05) is 0 Å². The quantitative estimate of drug-likeness (QED) is 0.843. The van der Waals surface area contributed by atoms with E-state index in [4.69, 9.17) is 0 Å². The Morgan fingerprint density at radius 2 is 1.71 bits per heavy atom. The Morgan fingerprint density at radius 3 is 2.35 bits per heavy atom. The van der Waals surface area contributed by atoms with E-state index in [0.717, 1.165) is 22.9 Å². The number of nitrogens with one attached hydrogen (secondary N) is 2. The predicted molar refractivity (Wildman–Crippen MR) is 78.8 cm³/mol. The molecule has 0 fully saturated rings. The van der Waals surface area contributed by atoms with Gasteiger partial charge in [0, 0.05) is 21.9 Å². The molecule has 1 aromatic carbocycles. The van der Waals surface area contributed by atoms with Gasteiger partial charge in [-0.15, -0.1) is 0 Å². The van der Waals surface area contributed by atoms with Crippen LogP contribution in [0.25, 0.3) is 0 Å². The van der Waals surface area contributed by atoms with Crippen LogP contribution < -0.4 is 10.6 Å². The third-order valence-corrected chi connectivity index (χ3v) is 3.15. The molecule has 0 saturated heterocycles. The van der Waals surface area contributed by atoms with Crippen molar-refractivity contribution in [3.63, 3.8) is 0 Å². The van der Waals surface area contributed by atoms with Gasteiger partial charge in [0.15, 0.2) is 0 Å². The smallest absolute Gasteiger partial charge is 0.138 e. The maximum absolute atomic E-state index is 4.24. The van der Waals surface area contributed by atoms with Crippen molar-refractivity contribution in [1.82, 2.24) is 9.97 Å². The fraction of sp³-hybridized carbons (Fsp3) is 0.167. The van der Waals surface area contributed by atoms with E-state index in [-0.39, 0.29) is 0 Å². The van der Waals surface area contributed by atoms with Crippen LogP contribution in [0.15, 0.2) is 30.6 Å². The standard InChI is InChI=1S/C12H13IN4/c1-8-11(14-2)15-7-16-12(8)17-10-5-3-9(13)4-6-10/h3-7H,1-2H3,(H2,14,15,16,17). The highest BCUT2D eigenvalue weighted by molar-refractivity contribution is 14.1. The summed E-state index contributed by atoms with van der Waals surface area (Å²) in [4.78, 5) is 8.39. The van der Waals surface area contributed by atoms with Crippen molar-refractivity contribution in [3.8, 4) is 0 Å². The number of anilines is 3. The summed E-state index contributed by atoms with van der Waals surface area (Å²) in [6.07, 6.45) is 1.55. The molecule has 0 aliphatic heterocycles. The van der Waals surface area contributed by atoms with E-state index >= 15 is 0 Å². The number of rotatable bonds is 3. The predicted octanol–water partition coefficient (Wildman–Crippen LogP) is 3.17. The first-order chi connectivity index (χ1) is 8.20. The molecule has 2 aromatic rings. The Bertz CT molecular complexity index is 510. The number of aromatic nitrogens is 2. The highest BCUT2D eigenvalue weighted by atomic mass is 127. The van der Waals surface area contributed by atoms with Crippen LogP contribution in [0, 0.1) is 10.5 Å². The van der Waals surface area contributed by atoms with Gasteiger partial charge in [0.25, 0.3) is 0 Å². The molecule has 88 valence electrons. The zero-order valence-electron chi connectivity index (χ0n) is 9.66. The van der Waals surface area contributed by atoms with Crippen molar-refractivity contribution < 1.29 is 0 Å². The highest BCUT2D eigenvalue weighted by Gasteiger charge is 2.05. The topological polar surface area (TPSA) is 49.8 Å². The van der Waals surface area contributed by atoms with Crippen molar-refractivity contribution in [2.45, 2.75) is 6.92 Å². The summed E-state index contributed by atoms with van der Waals surface area (Å²) in [6, 6.07) is 8.17. The highest BCUT2D eigenvalue weighted by Crippen LogP contribution is 2.22. The SMILES string of the molecule is CNc1ncnc(Nc2ccc(I)cc2)c1C. The van der Waals surface area contributed by atoms with Gasteiger partial charge >= 0.3 is 0 Å². The van der Waals surface area contributed by atoms with E-state index in [1.54, 1.807) is 6.33 Å². The summed E-state index contributed by atoms with van der Waals surface area (Å²) in [5, 5.41) is 6.32. The molecule has 0 bridgehead atoms. The fourth-order valence-electron chi connectivity index (χ4n) is 1.50. The Kier molecular flexibility index (Phi) is 3.78. The van der Waals surface area contributed by atoms with E-state index in [0.29, 0.717) is 0 Å². The summed E-state index contributed by atoms with van der Waals surface area (Å²) >= 11 is 2.28. The number of hydrogen-bond donors (Lipinski definition) is 2. The lowest BCUT2D eigenvalue weighted by Gasteiger charge is -2.10. The molecular weight excluding hydrogens is 327 g/mol. The van der Waals surface area contributed by atoms with Crippen LogP contribution in [0.2, 0.25) is 0 Å². The van der Waals surface area contributed by atoms with Crippen LogP contribution in [-0.4, -0.2) is 17.0 Å². The van der Waals surface area contributed by atoms with Gasteiger partial charge in [0.1, 0.15) is 18.0 Å². The first-order valence-corrected chi connectivity index (χ1v) is 6.30. The Balaban J connectivity index is 2.27. The molecule has 4 nitrogen and oxygen atoms in total. The monoisotopic (exact) mass is 340 g/mol. The molecule has 0 atom stereocenters. The molecule has 1 heterocycles. The molecule has 2 N–H and O–H groups in total. The van der Waals surface area contributed by atoms with Crippen molar-refractivity contribution in [1.29, 1.82) is 0 Å². The van der Waals surface area contributed by atoms with Gasteiger partial charge in [0.05, 0.1) is 0 Å². The number of benzene rings is 1. The minimum Gasteiger partial charge on any atom is -0.373 e. The van der Waals surface area contributed by atoms with E-state index in [1.165, 1.54) is 3.57 Å². The number of halogens is 1. The van der Waals surface area contributed by atoms with Crippen molar-refractivity contribution >= 4 is 39.9 Å². The zero-order chi connectivity index (χ0) is 12.3. The van der Waals surface area contributed by atoms with Crippen molar-refractivity contribution in [2.24, 2.45) is 0 Å². The first kappa shape index (κ1) is 12.1. The molecule has 0 unspecified atom stereocenters. The van der Waals surface area contributed by atoms with Crippen LogP contribution in [0.1, 0.15) is 5.56 Å². The van der Waals surface area contributed by atoms with E-state index in [2.05, 4.69) is 55.3 Å². The second-order valence-electron chi connectivity index (χ2n) is 3.58. The van der Waals surface area contributed by atoms with Crippen LogP contribution >= 0.6 is 22.6 Å². The van der Waals surface area contributed by atoms with Gasteiger partial charge in [-0.2, -0.15) is 0 Å². The lowest BCUT2D eigenvalue weighted by Crippen LogP contribution is -2.02. The summed E-state index contributed by atoms with van der Waals surface area (Å²) in [6.45, 7) is 1.99. The second-order valence-corrected chi connectivity index (χ2v) is 4.82. The summed E-state index contributed by atoms with van der Waals surface area (Å²) in [5.41, 5.74) is 2.03. The molecule has 17 heavy (non-hydrogen) atoms. The van der Waals surface area contributed by atoms with E-state index < -0.39 is 0 Å². The van der Waals surface area contributed by atoms with Crippen LogP contribution in [0.4, 0.5) is 17.3 Å². The average Bonchev–Trinajstić information content (AvgIpc) is 2.35. The van der Waals surface area contributed by atoms with Gasteiger partial charge < -0.3 is 10.6 Å². The molecule has 1 aromatic heterocycles. The second kappa shape index (κ2) is 5.31. The third kappa shape index (κ3) is 2.85.